The summed E-state index contributed by atoms with van der Waals surface area (Å²) in [4.78, 5) is 30.3. The molecular weight excluding hydrogens is 444 g/mol. The Morgan fingerprint density at radius 1 is 1.38 bits per heavy atom. The fraction of sp³-hybridized carbons (Fsp3) is 0.294. The van der Waals surface area contributed by atoms with E-state index in [2.05, 4.69) is 5.48 Å². The molecule has 0 aliphatic carbocycles. The van der Waals surface area contributed by atoms with Gasteiger partial charge >= 0.3 is 0 Å². The lowest BCUT2D eigenvalue weighted by molar-refractivity contribution is 0.0363. The summed E-state index contributed by atoms with van der Waals surface area (Å²) in [6, 6.07) is 4.96. The Balaban J connectivity index is 2.45. The number of hydrogen-bond acceptors (Lipinski definition) is 4. The van der Waals surface area contributed by atoms with Crippen molar-refractivity contribution in [2.75, 3.05) is 6.61 Å². The molecule has 0 atom stereocenters. The van der Waals surface area contributed by atoms with Crippen LogP contribution in [0.15, 0.2) is 18.2 Å². The predicted molar refractivity (Wildman–Crippen MR) is 100 cm³/mol. The molecule has 0 fully saturated rings. The van der Waals surface area contributed by atoms with Crippen LogP contribution in [-0.4, -0.2) is 18.3 Å². The summed E-state index contributed by atoms with van der Waals surface area (Å²) < 4.78 is 14.9. The van der Waals surface area contributed by atoms with Crippen molar-refractivity contribution in [3.8, 4) is 0 Å². The van der Waals surface area contributed by atoms with E-state index in [-0.39, 0.29) is 18.0 Å². The third-order valence-corrected chi connectivity index (χ3v) is 5.51. The molecule has 0 radical (unpaired) electrons. The molecular formula is C17H17FINO3S. The topological polar surface area (TPSA) is 55.4 Å². The van der Waals surface area contributed by atoms with E-state index in [0.717, 1.165) is 3.57 Å². The predicted octanol–water partition coefficient (Wildman–Crippen LogP) is 4.27. The number of Topliss-reactive ketones (excluding diaryl/α,β-unsaturated/α-hetero) is 1. The number of ketones is 1. The maximum Gasteiger partial charge on any atom is 0.276 e. The Morgan fingerprint density at radius 2 is 2.08 bits per heavy atom. The van der Waals surface area contributed by atoms with Gasteiger partial charge < -0.3 is 0 Å². The standard InChI is InChI=1S/C17H17FINO3S/c1-4-23-20-17(22)15-9(2)16(10(3)21)24-14(15)7-11-5-6-12(19)8-13(11)18/h5-6,8H,4,7H2,1-3H3,(H,20,22). The molecule has 0 unspecified atom stereocenters. The minimum absolute atomic E-state index is 0.114. The molecule has 1 amide bonds. The molecule has 1 N–H and O–H groups in total. The SMILES string of the molecule is CCONC(=O)c1c(Cc2ccc(I)cc2F)sc(C(C)=O)c1C. The molecule has 0 spiro atoms. The van der Waals surface area contributed by atoms with E-state index in [1.54, 1.807) is 19.9 Å². The molecule has 2 aromatic rings. The number of hydrogen-bond donors (Lipinski definition) is 1. The molecule has 0 aliphatic rings. The zero-order valence-electron chi connectivity index (χ0n) is 13.5. The molecule has 0 saturated carbocycles. The fourth-order valence-electron chi connectivity index (χ4n) is 2.36. The summed E-state index contributed by atoms with van der Waals surface area (Å²) in [5, 5.41) is 0. The first kappa shape index (κ1) is 19.0. The third kappa shape index (κ3) is 4.20. The van der Waals surface area contributed by atoms with Crippen molar-refractivity contribution in [3.63, 3.8) is 0 Å². The largest absolute Gasteiger partial charge is 0.294 e. The van der Waals surface area contributed by atoms with Crippen LogP contribution in [-0.2, 0) is 11.3 Å². The lowest BCUT2D eigenvalue weighted by Crippen LogP contribution is -2.25. The zero-order valence-corrected chi connectivity index (χ0v) is 16.5. The summed E-state index contributed by atoms with van der Waals surface area (Å²) in [7, 11) is 0. The highest BCUT2D eigenvalue weighted by Gasteiger charge is 2.23. The number of amides is 1. The maximum atomic E-state index is 14.1. The highest BCUT2D eigenvalue weighted by atomic mass is 127. The van der Waals surface area contributed by atoms with Crippen molar-refractivity contribution in [2.45, 2.75) is 27.2 Å². The number of thiophene rings is 1. The van der Waals surface area contributed by atoms with Crippen LogP contribution in [0.3, 0.4) is 0 Å². The summed E-state index contributed by atoms with van der Waals surface area (Å²) >= 11 is 3.27. The van der Waals surface area contributed by atoms with Crippen molar-refractivity contribution in [1.29, 1.82) is 0 Å². The summed E-state index contributed by atoms with van der Waals surface area (Å²) in [5.74, 6) is -0.857. The molecule has 4 nitrogen and oxygen atoms in total. The minimum atomic E-state index is -0.418. The first-order valence-electron chi connectivity index (χ1n) is 7.34. The second-order valence-corrected chi connectivity index (χ2v) is 7.54. The Labute approximate surface area is 157 Å². The number of benzene rings is 1. The van der Waals surface area contributed by atoms with Gasteiger partial charge in [0.25, 0.3) is 5.91 Å². The van der Waals surface area contributed by atoms with Gasteiger partial charge in [0.15, 0.2) is 5.78 Å². The molecule has 1 heterocycles. The Hall–Kier alpha value is -1.32. The van der Waals surface area contributed by atoms with E-state index < -0.39 is 5.91 Å². The van der Waals surface area contributed by atoms with Crippen LogP contribution < -0.4 is 5.48 Å². The van der Waals surface area contributed by atoms with Crippen molar-refractivity contribution in [1.82, 2.24) is 5.48 Å². The number of nitrogens with one attached hydrogen (secondary N) is 1. The number of carbonyl (C=O) groups is 2. The van der Waals surface area contributed by atoms with Crippen LogP contribution in [0, 0.1) is 16.3 Å². The monoisotopic (exact) mass is 461 g/mol. The average molecular weight is 461 g/mol. The van der Waals surface area contributed by atoms with Crippen LogP contribution in [0.2, 0.25) is 0 Å². The van der Waals surface area contributed by atoms with Crippen LogP contribution in [0.5, 0.6) is 0 Å². The van der Waals surface area contributed by atoms with Gasteiger partial charge in [0, 0.05) is 14.9 Å². The van der Waals surface area contributed by atoms with Gasteiger partial charge in [-0.25, -0.2) is 9.87 Å². The molecule has 1 aromatic heterocycles. The van der Waals surface area contributed by atoms with E-state index >= 15 is 0 Å². The van der Waals surface area contributed by atoms with Crippen LogP contribution >= 0.6 is 33.9 Å². The molecule has 128 valence electrons. The van der Waals surface area contributed by atoms with Crippen molar-refractivity contribution < 1.29 is 18.8 Å². The molecule has 1 aromatic carbocycles. The second kappa shape index (κ2) is 8.17. The van der Waals surface area contributed by atoms with Crippen molar-refractivity contribution in [2.24, 2.45) is 0 Å². The first-order chi connectivity index (χ1) is 11.3. The van der Waals surface area contributed by atoms with Gasteiger partial charge in [0.1, 0.15) is 5.82 Å². The van der Waals surface area contributed by atoms with Crippen molar-refractivity contribution in [3.05, 3.63) is 54.0 Å². The fourth-order valence-corrected chi connectivity index (χ4v) is 4.03. The molecule has 2 rings (SSSR count). The van der Waals surface area contributed by atoms with Gasteiger partial charge in [0.05, 0.1) is 17.0 Å². The zero-order chi connectivity index (χ0) is 17.9. The average Bonchev–Trinajstić information content (AvgIpc) is 2.84. The number of rotatable bonds is 6. The van der Waals surface area contributed by atoms with Gasteiger partial charge in [-0.1, -0.05) is 6.07 Å². The van der Waals surface area contributed by atoms with Gasteiger partial charge in [-0.3, -0.25) is 14.4 Å². The van der Waals surface area contributed by atoms with E-state index in [9.17, 15) is 14.0 Å². The maximum absolute atomic E-state index is 14.1. The van der Waals surface area contributed by atoms with Gasteiger partial charge in [0.2, 0.25) is 0 Å². The highest BCUT2D eigenvalue weighted by Crippen LogP contribution is 2.31. The molecule has 0 bridgehead atoms. The lowest BCUT2D eigenvalue weighted by atomic mass is 10.0. The van der Waals surface area contributed by atoms with Crippen LogP contribution in [0.4, 0.5) is 4.39 Å². The van der Waals surface area contributed by atoms with Crippen LogP contribution in [0.25, 0.3) is 0 Å². The lowest BCUT2D eigenvalue weighted by Gasteiger charge is -2.08. The van der Waals surface area contributed by atoms with Gasteiger partial charge in [-0.05, 0) is 66.6 Å². The Bertz CT molecular complexity index is 788. The molecule has 7 heteroatoms. The quantitative estimate of drug-likeness (QED) is 0.397. The van der Waals surface area contributed by atoms with E-state index in [4.69, 9.17) is 4.84 Å². The summed E-state index contributed by atoms with van der Waals surface area (Å²) in [5.41, 5.74) is 3.82. The second-order valence-electron chi connectivity index (χ2n) is 5.19. The van der Waals surface area contributed by atoms with Crippen molar-refractivity contribution >= 4 is 45.6 Å². The Kier molecular flexibility index (Phi) is 6.47. The van der Waals surface area contributed by atoms with Gasteiger partial charge in [-0.15, -0.1) is 11.3 Å². The number of hydroxylamine groups is 1. The third-order valence-electron chi connectivity index (χ3n) is 3.44. The molecule has 0 aliphatic heterocycles. The smallest absolute Gasteiger partial charge is 0.276 e. The molecule has 0 saturated heterocycles. The first-order valence-corrected chi connectivity index (χ1v) is 9.23. The van der Waals surface area contributed by atoms with E-state index in [0.29, 0.717) is 33.1 Å². The summed E-state index contributed by atoms with van der Waals surface area (Å²) in [6.45, 7) is 5.26. The Morgan fingerprint density at radius 3 is 2.67 bits per heavy atom. The van der Waals surface area contributed by atoms with E-state index in [1.165, 1.54) is 24.3 Å². The van der Waals surface area contributed by atoms with E-state index in [1.807, 2.05) is 28.7 Å². The summed E-state index contributed by atoms with van der Waals surface area (Å²) in [6.07, 6.45) is 0.246. The number of carbonyl (C=O) groups excluding carboxylic acids is 2. The normalized spacial score (nSPS) is 10.7. The molecule has 24 heavy (non-hydrogen) atoms. The highest BCUT2D eigenvalue weighted by molar-refractivity contribution is 14.1. The van der Waals surface area contributed by atoms with Crippen LogP contribution in [0.1, 0.15) is 49.9 Å². The van der Waals surface area contributed by atoms with Gasteiger partial charge in [-0.2, -0.15) is 0 Å². The minimum Gasteiger partial charge on any atom is -0.294 e. The number of halogens is 2.